The van der Waals surface area contributed by atoms with Crippen LogP contribution in [0.5, 0.6) is 0 Å². The molecule has 2 heteroatoms. The largest absolute Gasteiger partial charge is 0.340 e. The molecule has 2 nitrogen and oxygen atoms in total. The fourth-order valence-corrected chi connectivity index (χ4v) is 1.72. The maximum absolute atomic E-state index is 11.9. The SMILES string of the molecule is CCCCCC(=O)N(CCC)C(C)CC. The summed E-state index contributed by atoms with van der Waals surface area (Å²) in [7, 11) is 0. The summed E-state index contributed by atoms with van der Waals surface area (Å²) >= 11 is 0. The van der Waals surface area contributed by atoms with Crippen LogP contribution in [0.15, 0.2) is 0 Å². The number of carbonyl (C=O) groups is 1. The zero-order valence-corrected chi connectivity index (χ0v) is 10.9. The molecule has 1 atom stereocenters. The summed E-state index contributed by atoms with van der Waals surface area (Å²) < 4.78 is 0. The van der Waals surface area contributed by atoms with E-state index in [2.05, 4.69) is 32.6 Å². The van der Waals surface area contributed by atoms with Crippen molar-refractivity contribution in [2.24, 2.45) is 0 Å². The van der Waals surface area contributed by atoms with Crippen LogP contribution in [0.1, 0.15) is 66.2 Å². The Morgan fingerprint density at radius 2 is 1.80 bits per heavy atom. The van der Waals surface area contributed by atoms with Crippen molar-refractivity contribution in [2.75, 3.05) is 6.54 Å². The average molecular weight is 213 g/mol. The molecule has 0 heterocycles. The lowest BCUT2D eigenvalue weighted by Crippen LogP contribution is -2.38. The third-order valence-corrected chi connectivity index (χ3v) is 2.90. The molecule has 0 aliphatic carbocycles. The van der Waals surface area contributed by atoms with E-state index in [-0.39, 0.29) is 0 Å². The second kappa shape index (κ2) is 8.75. The molecule has 0 spiro atoms. The lowest BCUT2D eigenvalue weighted by molar-refractivity contribution is -0.133. The van der Waals surface area contributed by atoms with E-state index >= 15 is 0 Å². The number of hydrogen-bond donors (Lipinski definition) is 0. The lowest BCUT2D eigenvalue weighted by atomic mass is 10.1. The number of unbranched alkanes of at least 4 members (excludes halogenated alkanes) is 2. The highest BCUT2D eigenvalue weighted by atomic mass is 16.2. The fraction of sp³-hybridized carbons (Fsp3) is 0.923. The molecule has 0 N–H and O–H groups in total. The van der Waals surface area contributed by atoms with Gasteiger partial charge >= 0.3 is 0 Å². The topological polar surface area (TPSA) is 20.3 Å². The van der Waals surface area contributed by atoms with Gasteiger partial charge in [0.05, 0.1) is 0 Å². The van der Waals surface area contributed by atoms with Gasteiger partial charge in [-0.2, -0.15) is 0 Å². The Hall–Kier alpha value is -0.530. The Morgan fingerprint density at radius 1 is 1.13 bits per heavy atom. The fourth-order valence-electron chi connectivity index (χ4n) is 1.72. The highest BCUT2D eigenvalue weighted by Gasteiger charge is 2.16. The van der Waals surface area contributed by atoms with E-state index in [1.54, 1.807) is 0 Å². The Labute approximate surface area is 95.0 Å². The van der Waals surface area contributed by atoms with E-state index in [9.17, 15) is 4.79 Å². The summed E-state index contributed by atoms with van der Waals surface area (Å²) in [4.78, 5) is 14.0. The first-order valence-corrected chi connectivity index (χ1v) is 6.46. The van der Waals surface area contributed by atoms with Gasteiger partial charge in [0.15, 0.2) is 0 Å². The molecule has 0 aliphatic heterocycles. The Morgan fingerprint density at radius 3 is 2.27 bits per heavy atom. The minimum atomic E-state index is 0.347. The maximum Gasteiger partial charge on any atom is 0.222 e. The van der Waals surface area contributed by atoms with E-state index in [0.717, 1.165) is 32.2 Å². The lowest BCUT2D eigenvalue weighted by Gasteiger charge is -2.28. The Bertz CT molecular complexity index is 168. The third kappa shape index (κ3) is 5.81. The predicted octanol–water partition coefficient (Wildman–Crippen LogP) is 3.60. The summed E-state index contributed by atoms with van der Waals surface area (Å²) in [6, 6.07) is 0.402. The van der Waals surface area contributed by atoms with Gasteiger partial charge in [-0.15, -0.1) is 0 Å². The number of rotatable bonds is 8. The van der Waals surface area contributed by atoms with E-state index in [1.165, 1.54) is 12.8 Å². The van der Waals surface area contributed by atoms with Gasteiger partial charge < -0.3 is 4.90 Å². The van der Waals surface area contributed by atoms with Crippen LogP contribution in [0.3, 0.4) is 0 Å². The zero-order valence-electron chi connectivity index (χ0n) is 10.9. The van der Waals surface area contributed by atoms with E-state index in [0.29, 0.717) is 11.9 Å². The molecule has 0 saturated carbocycles. The molecule has 0 bridgehead atoms. The molecular weight excluding hydrogens is 186 g/mol. The van der Waals surface area contributed by atoms with Crippen molar-refractivity contribution in [1.82, 2.24) is 4.90 Å². The Kier molecular flexibility index (Phi) is 8.44. The molecule has 0 radical (unpaired) electrons. The van der Waals surface area contributed by atoms with Crippen LogP contribution in [-0.2, 0) is 4.79 Å². The standard InChI is InChI=1S/C13H27NO/c1-5-8-9-10-13(15)14(11-6-2)12(4)7-3/h12H,5-11H2,1-4H3. The highest BCUT2D eigenvalue weighted by Crippen LogP contribution is 2.09. The summed E-state index contributed by atoms with van der Waals surface area (Å²) in [6.45, 7) is 9.51. The van der Waals surface area contributed by atoms with Gasteiger partial charge in [-0.3, -0.25) is 4.79 Å². The molecule has 0 rings (SSSR count). The van der Waals surface area contributed by atoms with Crippen molar-refractivity contribution < 1.29 is 4.79 Å². The van der Waals surface area contributed by atoms with Gasteiger partial charge in [0.1, 0.15) is 0 Å². The van der Waals surface area contributed by atoms with Crippen LogP contribution in [0.2, 0.25) is 0 Å². The second-order valence-electron chi connectivity index (χ2n) is 4.30. The normalized spacial score (nSPS) is 12.5. The van der Waals surface area contributed by atoms with Crippen molar-refractivity contribution in [2.45, 2.75) is 72.3 Å². The summed E-state index contributed by atoms with van der Waals surface area (Å²) in [5, 5.41) is 0. The second-order valence-corrected chi connectivity index (χ2v) is 4.30. The van der Waals surface area contributed by atoms with E-state index < -0.39 is 0 Å². The average Bonchev–Trinajstić information content (AvgIpc) is 2.25. The van der Waals surface area contributed by atoms with Gasteiger partial charge in [-0.05, 0) is 26.2 Å². The van der Waals surface area contributed by atoms with Crippen molar-refractivity contribution in [3.05, 3.63) is 0 Å². The quantitative estimate of drug-likeness (QED) is 0.564. The van der Waals surface area contributed by atoms with Crippen molar-refractivity contribution in [3.8, 4) is 0 Å². The number of hydrogen-bond acceptors (Lipinski definition) is 1. The van der Waals surface area contributed by atoms with Gasteiger partial charge in [-0.1, -0.05) is 33.6 Å². The van der Waals surface area contributed by atoms with Gasteiger partial charge in [0, 0.05) is 19.0 Å². The van der Waals surface area contributed by atoms with Gasteiger partial charge in [0.2, 0.25) is 5.91 Å². The monoisotopic (exact) mass is 213 g/mol. The van der Waals surface area contributed by atoms with Crippen LogP contribution in [0.4, 0.5) is 0 Å². The molecule has 15 heavy (non-hydrogen) atoms. The van der Waals surface area contributed by atoms with Crippen LogP contribution >= 0.6 is 0 Å². The predicted molar refractivity (Wildman–Crippen MR) is 65.9 cm³/mol. The number of amides is 1. The molecule has 0 saturated heterocycles. The van der Waals surface area contributed by atoms with Crippen molar-refractivity contribution >= 4 is 5.91 Å². The first-order chi connectivity index (χ1) is 7.17. The van der Waals surface area contributed by atoms with Crippen LogP contribution in [0, 0.1) is 0 Å². The van der Waals surface area contributed by atoms with Crippen LogP contribution in [-0.4, -0.2) is 23.4 Å². The van der Waals surface area contributed by atoms with Crippen molar-refractivity contribution in [1.29, 1.82) is 0 Å². The highest BCUT2D eigenvalue weighted by molar-refractivity contribution is 5.76. The maximum atomic E-state index is 11.9. The smallest absolute Gasteiger partial charge is 0.222 e. The first kappa shape index (κ1) is 14.5. The summed E-state index contributed by atoms with van der Waals surface area (Å²) in [5.74, 6) is 0.347. The molecule has 0 aliphatic rings. The third-order valence-electron chi connectivity index (χ3n) is 2.90. The summed E-state index contributed by atoms with van der Waals surface area (Å²) in [5.41, 5.74) is 0. The van der Waals surface area contributed by atoms with E-state index in [1.807, 2.05) is 0 Å². The van der Waals surface area contributed by atoms with Gasteiger partial charge in [0.25, 0.3) is 0 Å². The molecule has 0 aromatic carbocycles. The molecule has 0 aromatic rings. The minimum Gasteiger partial charge on any atom is -0.340 e. The van der Waals surface area contributed by atoms with Gasteiger partial charge in [-0.25, -0.2) is 0 Å². The molecule has 1 unspecified atom stereocenters. The Balaban J connectivity index is 4.04. The summed E-state index contributed by atoms with van der Waals surface area (Å²) in [6.07, 6.45) is 6.25. The number of nitrogens with zero attached hydrogens (tertiary/aromatic N) is 1. The molecule has 0 fully saturated rings. The van der Waals surface area contributed by atoms with Crippen LogP contribution in [0.25, 0.3) is 0 Å². The molecule has 90 valence electrons. The van der Waals surface area contributed by atoms with Crippen LogP contribution < -0.4 is 0 Å². The van der Waals surface area contributed by atoms with E-state index in [4.69, 9.17) is 0 Å². The minimum absolute atomic E-state index is 0.347. The zero-order chi connectivity index (χ0) is 11.7. The van der Waals surface area contributed by atoms with Crippen molar-refractivity contribution in [3.63, 3.8) is 0 Å². The molecule has 0 aromatic heterocycles. The molecule has 1 amide bonds. The number of carbonyl (C=O) groups excluding carboxylic acids is 1. The molecular formula is C13H27NO. The first-order valence-electron chi connectivity index (χ1n) is 6.46.